The number of sulfonamides is 1. The molecule has 1 amide bonds. The normalized spacial score (nSPS) is 19.0. The lowest BCUT2D eigenvalue weighted by molar-refractivity contribution is -0.145. The summed E-state index contributed by atoms with van der Waals surface area (Å²) in [6.45, 7) is 2.36. The van der Waals surface area contributed by atoms with Gasteiger partial charge in [-0.1, -0.05) is 30.3 Å². The van der Waals surface area contributed by atoms with Gasteiger partial charge in [0.15, 0.2) is 11.5 Å². The number of carbonyl (C=O) groups excluding carboxylic acids is 1. The molecule has 8 nitrogen and oxygen atoms in total. The van der Waals surface area contributed by atoms with Gasteiger partial charge in [-0.05, 0) is 17.7 Å². The summed E-state index contributed by atoms with van der Waals surface area (Å²) in [4.78, 5) is 14.4. The van der Waals surface area contributed by atoms with E-state index < -0.39 is 16.1 Å². The van der Waals surface area contributed by atoms with Crippen LogP contribution in [0.15, 0.2) is 53.4 Å². The van der Waals surface area contributed by atoms with Crippen LogP contribution in [0.2, 0.25) is 0 Å². The predicted octanol–water partition coefficient (Wildman–Crippen LogP) is 1.51. The summed E-state index contributed by atoms with van der Waals surface area (Å²) in [5, 5.41) is 0. The summed E-state index contributed by atoms with van der Waals surface area (Å²) in [6, 6.07) is 13.8. The van der Waals surface area contributed by atoms with Crippen molar-refractivity contribution in [3.05, 3.63) is 54.1 Å². The lowest BCUT2D eigenvalue weighted by Gasteiger charge is -2.32. The Hall–Kier alpha value is -2.62. The fourth-order valence-electron chi connectivity index (χ4n) is 3.43. The van der Waals surface area contributed by atoms with Crippen molar-refractivity contribution < 1.29 is 27.4 Å². The Balaban J connectivity index is 1.47. The zero-order valence-corrected chi connectivity index (χ0v) is 17.5. The van der Waals surface area contributed by atoms with E-state index in [4.69, 9.17) is 14.2 Å². The Morgan fingerprint density at radius 2 is 1.83 bits per heavy atom. The standard InChI is InChI=1S/C21H24N2O6S/c1-22(14-16-5-3-2-4-6-16)30(25,26)17-7-8-18-19(13-17)28-15-20(29-18)21(24)23-9-11-27-12-10-23/h2-8,13,20H,9-12,14-15H2,1H3/t20-/m1/s1. The Labute approximate surface area is 176 Å². The lowest BCUT2D eigenvalue weighted by Crippen LogP contribution is -2.50. The first-order chi connectivity index (χ1) is 14.4. The minimum Gasteiger partial charge on any atom is -0.485 e. The number of fused-ring (bicyclic) bond motifs is 1. The molecule has 0 saturated carbocycles. The molecular weight excluding hydrogens is 408 g/mol. The Bertz CT molecular complexity index is 1010. The number of hydrogen-bond donors (Lipinski definition) is 0. The number of amides is 1. The molecule has 2 aliphatic rings. The Morgan fingerprint density at radius 1 is 1.10 bits per heavy atom. The van der Waals surface area contributed by atoms with Gasteiger partial charge in [-0.15, -0.1) is 0 Å². The molecule has 30 heavy (non-hydrogen) atoms. The van der Waals surface area contributed by atoms with Crippen molar-refractivity contribution in [3.63, 3.8) is 0 Å². The molecular formula is C21H24N2O6S. The van der Waals surface area contributed by atoms with E-state index in [1.807, 2.05) is 30.3 Å². The molecule has 1 fully saturated rings. The van der Waals surface area contributed by atoms with Crippen molar-refractivity contribution >= 4 is 15.9 Å². The van der Waals surface area contributed by atoms with Crippen molar-refractivity contribution in [2.24, 2.45) is 0 Å². The first-order valence-electron chi connectivity index (χ1n) is 9.75. The second kappa shape index (κ2) is 8.63. The number of hydrogen-bond acceptors (Lipinski definition) is 6. The summed E-state index contributed by atoms with van der Waals surface area (Å²) >= 11 is 0. The average molecular weight is 432 g/mol. The molecule has 2 aromatic carbocycles. The molecule has 0 bridgehead atoms. The molecule has 9 heteroatoms. The number of rotatable bonds is 5. The maximum Gasteiger partial charge on any atom is 0.267 e. The molecule has 0 aliphatic carbocycles. The smallest absolute Gasteiger partial charge is 0.267 e. The topological polar surface area (TPSA) is 85.4 Å². The highest BCUT2D eigenvalue weighted by atomic mass is 32.2. The van der Waals surface area contributed by atoms with Gasteiger partial charge in [0.1, 0.15) is 6.61 Å². The van der Waals surface area contributed by atoms with E-state index in [1.165, 1.54) is 29.6 Å². The Kier molecular flexibility index (Phi) is 5.94. The van der Waals surface area contributed by atoms with Crippen LogP contribution in [0, 0.1) is 0 Å². The fourth-order valence-corrected chi connectivity index (χ4v) is 4.60. The maximum absolute atomic E-state index is 13.0. The van der Waals surface area contributed by atoms with Crippen LogP contribution < -0.4 is 9.47 Å². The van der Waals surface area contributed by atoms with E-state index in [9.17, 15) is 13.2 Å². The number of benzene rings is 2. The number of carbonyl (C=O) groups is 1. The molecule has 2 aromatic rings. The predicted molar refractivity (Wildman–Crippen MR) is 109 cm³/mol. The third kappa shape index (κ3) is 4.28. The van der Waals surface area contributed by atoms with Crippen LogP contribution >= 0.6 is 0 Å². The van der Waals surface area contributed by atoms with E-state index in [0.717, 1.165) is 5.56 Å². The minimum absolute atomic E-state index is 0.0343. The highest BCUT2D eigenvalue weighted by Crippen LogP contribution is 2.35. The molecule has 0 unspecified atom stereocenters. The summed E-state index contributed by atoms with van der Waals surface area (Å²) < 4.78 is 44.0. The molecule has 2 heterocycles. The van der Waals surface area contributed by atoms with Crippen LogP contribution in [0.1, 0.15) is 5.56 Å². The van der Waals surface area contributed by atoms with Crippen molar-refractivity contribution in [3.8, 4) is 11.5 Å². The van der Waals surface area contributed by atoms with Crippen LogP contribution in [0.5, 0.6) is 11.5 Å². The minimum atomic E-state index is -3.71. The van der Waals surface area contributed by atoms with Crippen LogP contribution in [0.4, 0.5) is 0 Å². The number of morpholine rings is 1. The molecule has 1 saturated heterocycles. The van der Waals surface area contributed by atoms with Gasteiger partial charge < -0.3 is 19.1 Å². The van der Waals surface area contributed by atoms with Gasteiger partial charge in [-0.25, -0.2) is 8.42 Å². The number of nitrogens with zero attached hydrogens (tertiary/aromatic N) is 2. The zero-order valence-electron chi connectivity index (χ0n) is 16.7. The van der Waals surface area contributed by atoms with E-state index in [2.05, 4.69) is 0 Å². The van der Waals surface area contributed by atoms with Gasteiger partial charge in [0.05, 0.1) is 18.1 Å². The molecule has 4 rings (SSSR count). The third-order valence-corrected chi connectivity index (χ3v) is 6.93. The summed E-state index contributed by atoms with van der Waals surface area (Å²) in [5.74, 6) is 0.524. The van der Waals surface area contributed by atoms with Gasteiger partial charge in [0.2, 0.25) is 16.1 Å². The van der Waals surface area contributed by atoms with Gasteiger partial charge >= 0.3 is 0 Å². The van der Waals surface area contributed by atoms with Crippen LogP contribution in [-0.2, 0) is 26.1 Å². The first-order valence-corrected chi connectivity index (χ1v) is 11.2. The van der Waals surface area contributed by atoms with Crippen molar-refractivity contribution in [2.75, 3.05) is 40.0 Å². The van der Waals surface area contributed by atoms with Crippen molar-refractivity contribution in [1.82, 2.24) is 9.21 Å². The summed E-state index contributed by atoms with van der Waals surface area (Å²) in [7, 11) is -2.17. The quantitative estimate of drug-likeness (QED) is 0.712. The van der Waals surface area contributed by atoms with Gasteiger partial charge in [0.25, 0.3) is 5.91 Å². The molecule has 0 aromatic heterocycles. The van der Waals surface area contributed by atoms with Crippen LogP contribution in [0.3, 0.4) is 0 Å². The van der Waals surface area contributed by atoms with Crippen molar-refractivity contribution in [1.29, 1.82) is 0 Å². The number of ether oxygens (including phenoxy) is 3. The largest absolute Gasteiger partial charge is 0.485 e. The highest BCUT2D eigenvalue weighted by Gasteiger charge is 2.33. The van der Waals surface area contributed by atoms with Crippen LogP contribution in [-0.4, -0.2) is 69.6 Å². The van der Waals surface area contributed by atoms with Gasteiger partial charge in [0, 0.05) is 32.7 Å². The van der Waals surface area contributed by atoms with E-state index >= 15 is 0 Å². The van der Waals surface area contributed by atoms with E-state index in [1.54, 1.807) is 4.90 Å². The molecule has 2 aliphatic heterocycles. The Morgan fingerprint density at radius 3 is 2.57 bits per heavy atom. The lowest BCUT2D eigenvalue weighted by atomic mass is 10.2. The zero-order chi connectivity index (χ0) is 21.1. The molecule has 0 radical (unpaired) electrons. The summed E-state index contributed by atoms with van der Waals surface area (Å²) in [6.07, 6.45) is -0.751. The fraction of sp³-hybridized carbons (Fsp3) is 0.381. The maximum atomic E-state index is 13.0. The SMILES string of the molecule is CN(Cc1ccccc1)S(=O)(=O)c1ccc2c(c1)OC[C@H](C(=O)N1CCOCC1)O2. The molecule has 1 atom stereocenters. The second-order valence-electron chi connectivity index (χ2n) is 7.21. The average Bonchev–Trinajstić information content (AvgIpc) is 2.79. The van der Waals surface area contributed by atoms with Crippen molar-refractivity contribution in [2.45, 2.75) is 17.5 Å². The molecule has 160 valence electrons. The molecule has 0 spiro atoms. The van der Waals surface area contributed by atoms with E-state index in [-0.39, 0.29) is 24.0 Å². The highest BCUT2D eigenvalue weighted by molar-refractivity contribution is 7.89. The van der Waals surface area contributed by atoms with Crippen LogP contribution in [0.25, 0.3) is 0 Å². The second-order valence-corrected chi connectivity index (χ2v) is 9.26. The monoisotopic (exact) mass is 432 g/mol. The third-order valence-electron chi connectivity index (χ3n) is 5.13. The molecule has 0 N–H and O–H groups in total. The van der Waals surface area contributed by atoms with E-state index in [0.29, 0.717) is 37.8 Å². The first kappa shape index (κ1) is 20.6. The summed E-state index contributed by atoms with van der Waals surface area (Å²) in [5.41, 5.74) is 0.894. The van der Waals surface area contributed by atoms with Gasteiger partial charge in [-0.3, -0.25) is 4.79 Å². The van der Waals surface area contributed by atoms with Gasteiger partial charge in [-0.2, -0.15) is 4.31 Å².